The van der Waals surface area contributed by atoms with E-state index >= 15 is 0 Å². The van der Waals surface area contributed by atoms with E-state index in [0.717, 1.165) is 0 Å². The predicted octanol–water partition coefficient (Wildman–Crippen LogP) is 3.43. The van der Waals surface area contributed by atoms with Gasteiger partial charge in [0.25, 0.3) is 4.52 Å². The van der Waals surface area contributed by atoms with Gasteiger partial charge < -0.3 is 4.74 Å². The standard InChI is InChI=1S/C4H5Cl5OS/c5-3(6,7)4(8,9)10-1-2-11/h11H,1-2H2. The second kappa shape index (κ2) is 4.85. The first kappa shape index (κ1) is 12.8. The number of rotatable bonds is 3. The van der Waals surface area contributed by atoms with E-state index < -0.39 is 8.31 Å². The van der Waals surface area contributed by atoms with Crippen LogP contribution in [0.4, 0.5) is 0 Å². The van der Waals surface area contributed by atoms with Crippen molar-refractivity contribution in [3.63, 3.8) is 0 Å². The van der Waals surface area contributed by atoms with Gasteiger partial charge in [-0.2, -0.15) is 12.6 Å². The van der Waals surface area contributed by atoms with Crippen molar-refractivity contribution in [3.05, 3.63) is 0 Å². The molecule has 68 valence electrons. The Kier molecular flexibility index (Phi) is 5.62. The minimum atomic E-state index is -1.86. The summed E-state index contributed by atoms with van der Waals surface area (Å²) in [5, 5.41) is 0. The Morgan fingerprint density at radius 1 is 1.09 bits per heavy atom. The van der Waals surface area contributed by atoms with Gasteiger partial charge in [-0.15, -0.1) is 0 Å². The van der Waals surface area contributed by atoms with Crippen LogP contribution in [-0.2, 0) is 4.74 Å². The van der Waals surface area contributed by atoms with Crippen LogP contribution >= 0.6 is 70.6 Å². The summed E-state index contributed by atoms with van der Waals surface area (Å²) in [5.74, 6) is 0.446. The molecule has 0 heterocycles. The van der Waals surface area contributed by atoms with Crippen LogP contribution in [0.3, 0.4) is 0 Å². The number of hydrogen-bond acceptors (Lipinski definition) is 2. The molecule has 0 amide bonds. The van der Waals surface area contributed by atoms with Crippen LogP contribution in [0.2, 0.25) is 0 Å². The zero-order valence-corrected chi connectivity index (χ0v) is 9.83. The summed E-state index contributed by atoms with van der Waals surface area (Å²) in [5.41, 5.74) is 0. The third-order valence-corrected chi connectivity index (χ3v) is 3.05. The fourth-order valence-corrected chi connectivity index (χ4v) is 0.665. The molecule has 0 saturated heterocycles. The Balaban J connectivity index is 4.00. The molecule has 0 bridgehead atoms. The number of ether oxygens (including phenoxy) is 1. The topological polar surface area (TPSA) is 9.23 Å². The summed E-state index contributed by atoms with van der Waals surface area (Å²) in [4.78, 5) is 0. The quantitative estimate of drug-likeness (QED) is 0.614. The molecule has 0 atom stereocenters. The molecule has 0 aromatic rings. The Morgan fingerprint density at radius 2 is 1.55 bits per heavy atom. The molecule has 0 aliphatic heterocycles. The minimum absolute atomic E-state index is 0.212. The van der Waals surface area contributed by atoms with Gasteiger partial charge in [-0.05, 0) is 0 Å². The fraction of sp³-hybridized carbons (Fsp3) is 1.00. The first-order valence-electron chi connectivity index (χ1n) is 2.50. The molecule has 1 nitrogen and oxygen atoms in total. The van der Waals surface area contributed by atoms with Crippen molar-refractivity contribution in [2.75, 3.05) is 12.4 Å². The van der Waals surface area contributed by atoms with Gasteiger partial charge in [-0.3, -0.25) is 0 Å². The molecule has 0 fully saturated rings. The van der Waals surface area contributed by atoms with Crippen molar-refractivity contribution < 1.29 is 4.74 Å². The summed E-state index contributed by atoms with van der Waals surface area (Å²) < 4.78 is 1.12. The number of halogens is 5. The average Bonchev–Trinajstić information content (AvgIpc) is 1.81. The van der Waals surface area contributed by atoms with Gasteiger partial charge in [0.1, 0.15) is 0 Å². The Bertz CT molecular complexity index is 122. The molecule has 0 rings (SSSR count). The van der Waals surface area contributed by atoms with Crippen LogP contribution in [0, 0.1) is 0 Å². The minimum Gasteiger partial charge on any atom is -0.342 e. The van der Waals surface area contributed by atoms with Crippen LogP contribution in [0.25, 0.3) is 0 Å². The summed E-state index contributed by atoms with van der Waals surface area (Å²) in [6, 6.07) is 0. The molecular weight excluding hydrogens is 273 g/mol. The maximum Gasteiger partial charge on any atom is 0.265 e. The maximum atomic E-state index is 5.50. The third kappa shape index (κ3) is 4.51. The highest BCUT2D eigenvalue weighted by Gasteiger charge is 2.47. The second-order valence-electron chi connectivity index (χ2n) is 1.59. The van der Waals surface area contributed by atoms with E-state index in [4.69, 9.17) is 62.7 Å². The number of hydrogen-bond donors (Lipinski definition) is 1. The molecular formula is C4H5Cl5OS. The van der Waals surface area contributed by atoms with Gasteiger partial charge in [0.15, 0.2) is 0 Å². The van der Waals surface area contributed by atoms with Crippen molar-refractivity contribution in [2.45, 2.75) is 8.31 Å². The molecule has 0 aromatic carbocycles. The SMILES string of the molecule is SCCOC(Cl)(Cl)C(Cl)(Cl)Cl. The van der Waals surface area contributed by atoms with Crippen molar-refractivity contribution >= 4 is 70.6 Å². The van der Waals surface area contributed by atoms with E-state index in [1.54, 1.807) is 0 Å². The van der Waals surface area contributed by atoms with E-state index in [-0.39, 0.29) is 6.61 Å². The highest BCUT2D eigenvalue weighted by atomic mass is 35.6. The first-order valence-corrected chi connectivity index (χ1v) is 5.03. The Hall–Kier alpha value is 1.76. The maximum absolute atomic E-state index is 5.50. The predicted molar refractivity (Wildman–Crippen MR) is 54.5 cm³/mol. The van der Waals surface area contributed by atoms with Crippen LogP contribution in [-0.4, -0.2) is 20.7 Å². The molecule has 0 aliphatic rings. The molecule has 7 heteroatoms. The first-order chi connectivity index (χ1) is 4.81. The van der Waals surface area contributed by atoms with Crippen molar-refractivity contribution in [3.8, 4) is 0 Å². The average molecular weight is 278 g/mol. The van der Waals surface area contributed by atoms with Crippen LogP contribution in [0.1, 0.15) is 0 Å². The van der Waals surface area contributed by atoms with Crippen molar-refractivity contribution in [1.29, 1.82) is 0 Å². The largest absolute Gasteiger partial charge is 0.342 e. The smallest absolute Gasteiger partial charge is 0.265 e. The molecule has 0 unspecified atom stereocenters. The third-order valence-electron chi connectivity index (χ3n) is 0.705. The number of alkyl halides is 5. The summed E-state index contributed by atoms with van der Waals surface area (Å²) >= 11 is 31.0. The molecule has 0 N–H and O–H groups in total. The Labute approximate surface area is 95.6 Å². The molecule has 0 aliphatic carbocycles. The molecule has 0 spiro atoms. The van der Waals surface area contributed by atoms with Gasteiger partial charge >= 0.3 is 0 Å². The van der Waals surface area contributed by atoms with E-state index in [2.05, 4.69) is 12.6 Å². The molecule has 0 saturated carbocycles. The van der Waals surface area contributed by atoms with E-state index in [1.165, 1.54) is 0 Å². The van der Waals surface area contributed by atoms with Crippen molar-refractivity contribution in [2.24, 2.45) is 0 Å². The van der Waals surface area contributed by atoms with E-state index in [1.807, 2.05) is 0 Å². The normalized spacial score (nSPS) is 13.6. The number of thiol groups is 1. The fourth-order valence-electron chi connectivity index (χ4n) is 0.256. The second-order valence-corrected chi connectivity index (χ2v) is 5.57. The van der Waals surface area contributed by atoms with E-state index in [9.17, 15) is 0 Å². The Morgan fingerprint density at radius 3 is 1.82 bits per heavy atom. The summed E-state index contributed by atoms with van der Waals surface area (Å²) in [7, 11) is 0. The highest BCUT2D eigenvalue weighted by Crippen LogP contribution is 2.46. The van der Waals surface area contributed by atoms with Gasteiger partial charge in [-0.1, -0.05) is 58.0 Å². The van der Waals surface area contributed by atoms with E-state index in [0.29, 0.717) is 5.75 Å². The van der Waals surface area contributed by atoms with Crippen molar-refractivity contribution in [1.82, 2.24) is 0 Å². The highest BCUT2D eigenvalue weighted by molar-refractivity contribution is 7.80. The van der Waals surface area contributed by atoms with Crippen LogP contribution < -0.4 is 0 Å². The lowest BCUT2D eigenvalue weighted by molar-refractivity contribution is 0.0941. The molecule has 0 aromatic heterocycles. The monoisotopic (exact) mass is 276 g/mol. The van der Waals surface area contributed by atoms with Crippen LogP contribution in [0.5, 0.6) is 0 Å². The molecule has 11 heavy (non-hydrogen) atoms. The zero-order valence-electron chi connectivity index (χ0n) is 5.16. The lowest BCUT2D eigenvalue weighted by Gasteiger charge is -2.26. The summed E-state index contributed by atoms with van der Waals surface area (Å²) in [6.07, 6.45) is 0. The van der Waals surface area contributed by atoms with Gasteiger partial charge in [0, 0.05) is 5.75 Å². The summed E-state index contributed by atoms with van der Waals surface area (Å²) in [6.45, 7) is 0.212. The lowest BCUT2D eigenvalue weighted by atomic mass is 10.7. The van der Waals surface area contributed by atoms with Gasteiger partial charge in [0.2, 0.25) is 3.79 Å². The zero-order chi connectivity index (χ0) is 9.12. The molecule has 0 radical (unpaired) electrons. The van der Waals surface area contributed by atoms with Gasteiger partial charge in [0.05, 0.1) is 6.61 Å². The lowest BCUT2D eigenvalue weighted by Crippen LogP contribution is -2.34. The van der Waals surface area contributed by atoms with Gasteiger partial charge in [-0.25, -0.2) is 0 Å². The van der Waals surface area contributed by atoms with Crippen LogP contribution in [0.15, 0.2) is 0 Å².